The summed E-state index contributed by atoms with van der Waals surface area (Å²) in [5, 5.41) is 3.57. The molecule has 0 saturated carbocycles. The van der Waals surface area contributed by atoms with Crippen molar-refractivity contribution in [2.24, 2.45) is 5.92 Å². The molecule has 0 aromatic carbocycles. The summed E-state index contributed by atoms with van der Waals surface area (Å²) in [5.74, 6) is 0.644. The van der Waals surface area contributed by atoms with Crippen molar-refractivity contribution in [3.8, 4) is 0 Å². The molecule has 2 atom stereocenters. The van der Waals surface area contributed by atoms with Gasteiger partial charge in [0.25, 0.3) is 0 Å². The van der Waals surface area contributed by atoms with Gasteiger partial charge in [-0.15, -0.1) is 0 Å². The first-order valence-corrected chi connectivity index (χ1v) is 6.56. The van der Waals surface area contributed by atoms with Crippen LogP contribution in [0.2, 0.25) is 0 Å². The van der Waals surface area contributed by atoms with E-state index in [1.54, 1.807) is 0 Å². The summed E-state index contributed by atoms with van der Waals surface area (Å²) in [6, 6.07) is 0.677. The smallest absolute Gasteiger partial charge is 0.305 e. The van der Waals surface area contributed by atoms with Crippen molar-refractivity contribution in [2.75, 3.05) is 13.7 Å². The largest absolute Gasteiger partial charge is 0.469 e. The number of unbranched alkanes of at least 4 members (excludes halogenated alkanes) is 1. The topological polar surface area (TPSA) is 38.3 Å². The van der Waals surface area contributed by atoms with Gasteiger partial charge in [0.05, 0.1) is 7.11 Å². The standard InChI is InChI=1S/C13H25NO2/c1-3-4-5-12-10-11(8-9-14-12)6-7-13(15)16-2/h11-12,14H,3-10H2,1-2H3. The summed E-state index contributed by atoms with van der Waals surface area (Å²) in [4.78, 5) is 11.1. The van der Waals surface area contributed by atoms with Crippen molar-refractivity contribution < 1.29 is 9.53 Å². The van der Waals surface area contributed by atoms with Gasteiger partial charge in [0.2, 0.25) is 0 Å². The lowest BCUT2D eigenvalue weighted by atomic mass is 9.87. The summed E-state index contributed by atoms with van der Waals surface area (Å²) in [7, 11) is 1.47. The zero-order valence-corrected chi connectivity index (χ0v) is 10.6. The van der Waals surface area contributed by atoms with Crippen LogP contribution < -0.4 is 5.32 Å². The number of ether oxygens (including phenoxy) is 1. The van der Waals surface area contributed by atoms with Gasteiger partial charge in [0.1, 0.15) is 0 Å². The maximum Gasteiger partial charge on any atom is 0.305 e. The van der Waals surface area contributed by atoms with E-state index in [0.29, 0.717) is 18.4 Å². The number of hydrogen-bond acceptors (Lipinski definition) is 3. The molecule has 3 nitrogen and oxygen atoms in total. The van der Waals surface area contributed by atoms with Gasteiger partial charge in [-0.3, -0.25) is 4.79 Å². The summed E-state index contributed by atoms with van der Waals surface area (Å²) in [5.41, 5.74) is 0. The van der Waals surface area contributed by atoms with Gasteiger partial charge in [0.15, 0.2) is 0 Å². The van der Waals surface area contributed by atoms with Gasteiger partial charge >= 0.3 is 5.97 Å². The minimum absolute atomic E-state index is 0.0661. The van der Waals surface area contributed by atoms with E-state index < -0.39 is 0 Å². The van der Waals surface area contributed by atoms with Crippen molar-refractivity contribution in [1.29, 1.82) is 0 Å². The summed E-state index contributed by atoms with van der Waals surface area (Å²) < 4.78 is 4.68. The average Bonchev–Trinajstić information content (AvgIpc) is 2.34. The number of carbonyl (C=O) groups is 1. The molecule has 1 fully saturated rings. The SMILES string of the molecule is CCCCC1CC(CCC(=O)OC)CCN1. The van der Waals surface area contributed by atoms with Crippen LogP contribution in [0.4, 0.5) is 0 Å². The lowest BCUT2D eigenvalue weighted by molar-refractivity contribution is -0.141. The highest BCUT2D eigenvalue weighted by molar-refractivity contribution is 5.69. The molecule has 94 valence electrons. The van der Waals surface area contributed by atoms with Crippen molar-refractivity contribution in [1.82, 2.24) is 5.32 Å². The molecule has 0 aliphatic carbocycles. The summed E-state index contributed by atoms with van der Waals surface area (Å²) in [6.45, 7) is 3.35. The molecule has 0 amide bonds. The highest BCUT2D eigenvalue weighted by Gasteiger charge is 2.21. The maximum atomic E-state index is 11.1. The van der Waals surface area contributed by atoms with Gasteiger partial charge < -0.3 is 10.1 Å². The Bertz CT molecular complexity index is 206. The van der Waals surface area contributed by atoms with Gasteiger partial charge in [-0.25, -0.2) is 0 Å². The highest BCUT2D eigenvalue weighted by atomic mass is 16.5. The Morgan fingerprint density at radius 2 is 2.25 bits per heavy atom. The predicted octanol–water partition coefficient (Wildman–Crippen LogP) is 2.50. The molecule has 0 aromatic heterocycles. The Labute approximate surface area is 98.9 Å². The normalized spacial score (nSPS) is 25.4. The molecule has 0 aromatic rings. The van der Waals surface area contributed by atoms with Crippen LogP contribution in [-0.2, 0) is 9.53 Å². The zero-order valence-electron chi connectivity index (χ0n) is 10.6. The van der Waals surface area contributed by atoms with E-state index in [-0.39, 0.29) is 5.97 Å². The molecule has 0 radical (unpaired) electrons. The monoisotopic (exact) mass is 227 g/mol. The van der Waals surface area contributed by atoms with Crippen LogP contribution in [0, 0.1) is 5.92 Å². The molecular weight excluding hydrogens is 202 g/mol. The van der Waals surface area contributed by atoms with E-state index >= 15 is 0 Å². The van der Waals surface area contributed by atoms with Gasteiger partial charge in [0, 0.05) is 12.5 Å². The second-order valence-corrected chi connectivity index (χ2v) is 4.80. The predicted molar refractivity (Wildman–Crippen MR) is 65.3 cm³/mol. The fourth-order valence-corrected chi connectivity index (χ4v) is 2.45. The Morgan fingerprint density at radius 1 is 1.44 bits per heavy atom. The van der Waals surface area contributed by atoms with E-state index in [0.717, 1.165) is 13.0 Å². The Kier molecular flexibility index (Phi) is 6.46. The molecule has 0 spiro atoms. The molecule has 1 N–H and O–H groups in total. The molecular formula is C13H25NO2. The van der Waals surface area contributed by atoms with Crippen LogP contribution in [0.15, 0.2) is 0 Å². The van der Waals surface area contributed by atoms with Crippen LogP contribution in [0.3, 0.4) is 0 Å². The Hall–Kier alpha value is -0.570. The van der Waals surface area contributed by atoms with Crippen LogP contribution in [-0.4, -0.2) is 25.7 Å². The molecule has 2 unspecified atom stereocenters. The number of rotatable bonds is 6. The number of carbonyl (C=O) groups excluding carboxylic acids is 1. The number of methoxy groups -OCH3 is 1. The summed E-state index contributed by atoms with van der Waals surface area (Å²) in [6.07, 6.45) is 7.88. The van der Waals surface area contributed by atoms with Crippen molar-refractivity contribution in [2.45, 2.75) is 57.9 Å². The minimum Gasteiger partial charge on any atom is -0.469 e. The van der Waals surface area contributed by atoms with Crippen molar-refractivity contribution in [3.63, 3.8) is 0 Å². The molecule has 1 rings (SSSR count). The van der Waals surface area contributed by atoms with Crippen molar-refractivity contribution in [3.05, 3.63) is 0 Å². The Balaban J connectivity index is 2.19. The van der Waals surface area contributed by atoms with Crippen LogP contribution in [0.5, 0.6) is 0 Å². The molecule has 1 heterocycles. The number of hydrogen-bond donors (Lipinski definition) is 1. The van der Waals surface area contributed by atoms with E-state index in [2.05, 4.69) is 17.0 Å². The fraction of sp³-hybridized carbons (Fsp3) is 0.923. The third kappa shape index (κ3) is 4.97. The molecule has 1 aliphatic heterocycles. The fourth-order valence-electron chi connectivity index (χ4n) is 2.45. The van der Waals surface area contributed by atoms with Crippen LogP contribution >= 0.6 is 0 Å². The van der Waals surface area contributed by atoms with Gasteiger partial charge in [-0.2, -0.15) is 0 Å². The molecule has 0 bridgehead atoms. The zero-order chi connectivity index (χ0) is 11.8. The van der Waals surface area contributed by atoms with Crippen LogP contribution in [0.1, 0.15) is 51.9 Å². The van der Waals surface area contributed by atoms with Gasteiger partial charge in [-0.05, 0) is 38.1 Å². The molecule has 16 heavy (non-hydrogen) atoms. The third-order valence-electron chi connectivity index (χ3n) is 3.49. The Morgan fingerprint density at radius 3 is 2.94 bits per heavy atom. The van der Waals surface area contributed by atoms with Crippen molar-refractivity contribution >= 4 is 5.97 Å². The summed E-state index contributed by atoms with van der Waals surface area (Å²) >= 11 is 0. The molecule has 3 heteroatoms. The lowest BCUT2D eigenvalue weighted by Gasteiger charge is -2.30. The first-order valence-electron chi connectivity index (χ1n) is 6.56. The first-order chi connectivity index (χ1) is 7.76. The van der Waals surface area contributed by atoms with Gasteiger partial charge in [-0.1, -0.05) is 19.8 Å². The average molecular weight is 227 g/mol. The molecule has 1 saturated heterocycles. The lowest BCUT2D eigenvalue weighted by Crippen LogP contribution is -2.38. The highest BCUT2D eigenvalue weighted by Crippen LogP contribution is 2.23. The maximum absolute atomic E-state index is 11.1. The second kappa shape index (κ2) is 7.66. The number of piperidine rings is 1. The second-order valence-electron chi connectivity index (χ2n) is 4.80. The first kappa shape index (κ1) is 13.5. The van der Waals surface area contributed by atoms with E-state index in [4.69, 9.17) is 0 Å². The number of esters is 1. The minimum atomic E-state index is -0.0661. The third-order valence-corrected chi connectivity index (χ3v) is 3.49. The van der Waals surface area contributed by atoms with E-state index in [1.807, 2.05) is 0 Å². The van der Waals surface area contributed by atoms with E-state index in [9.17, 15) is 4.79 Å². The quantitative estimate of drug-likeness (QED) is 0.709. The number of nitrogens with one attached hydrogen (secondary N) is 1. The van der Waals surface area contributed by atoms with Crippen LogP contribution in [0.25, 0.3) is 0 Å². The molecule has 1 aliphatic rings. The van der Waals surface area contributed by atoms with E-state index in [1.165, 1.54) is 39.2 Å².